The van der Waals surface area contributed by atoms with E-state index < -0.39 is 11.4 Å². The molecular weight excluding hydrogens is 438 g/mol. The molecule has 3 fully saturated rings. The Morgan fingerprint density at radius 2 is 1.77 bits per heavy atom. The summed E-state index contributed by atoms with van der Waals surface area (Å²) in [6.45, 7) is 13.9. The SMILES string of the molecule is C[C@@H]1c2oncc2C[C@]2(C)C3=CC(=O)C4[C@H]5CC(C)(C)CC[C@]5(C(=O)O)CC[C@@]4(C)[C@]3(C)CC[C@@H]12. The average molecular weight is 480 g/mol. The third kappa shape index (κ3) is 2.73. The summed E-state index contributed by atoms with van der Waals surface area (Å²) in [4.78, 5) is 27.0. The zero-order valence-corrected chi connectivity index (χ0v) is 22.2. The fourth-order valence-corrected chi connectivity index (χ4v) is 10.2. The molecule has 5 aliphatic carbocycles. The van der Waals surface area contributed by atoms with E-state index in [0.29, 0.717) is 18.8 Å². The van der Waals surface area contributed by atoms with Gasteiger partial charge in [0, 0.05) is 17.4 Å². The van der Waals surface area contributed by atoms with Crippen LogP contribution in [0.4, 0.5) is 0 Å². The molecule has 1 N–H and O–H groups in total. The van der Waals surface area contributed by atoms with Crippen LogP contribution < -0.4 is 0 Å². The number of ketones is 1. The predicted molar refractivity (Wildman–Crippen MR) is 133 cm³/mol. The first-order chi connectivity index (χ1) is 16.3. The Morgan fingerprint density at radius 3 is 2.49 bits per heavy atom. The summed E-state index contributed by atoms with van der Waals surface area (Å²) in [5.41, 5.74) is 1.37. The molecule has 35 heavy (non-hydrogen) atoms. The zero-order valence-electron chi connectivity index (χ0n) is 22.2. The molecule has 3 saturated carbocycles. The molecular formula is C30H41NO4. The molecule has 0 saturated heterocycles. The van der Waals surface area contributed by atoms with E-state index in [0.717, 1.165) is 44.3 Å². The predicted octanol–water partition coefficient (Wildman–Crippen LogP) is 6.58. The minimum absolute atomic E-state index is 0.0696. The summed E-state index contributed by atoms with van der Waals surface area (Å²) >= 11 is 0. The quantitative estimate of drug-likeness (QED) is 0.492. The van der Waals surface area contributed by atoms with Crippen LogP contribution in [0.1, 0.15) is 104 Å². The first kappa shape index (κ1) is 23.5. The van der Waals surface area contributed by atoms with Crippen molar-refractivity contribution in [2.24, 2.45) is 44.8 Å². The maximum absolute atomic E-state index is 14.3. The number of rotatable bonds is 1. The van der Waals surface area contributed by atoms with E-state index in [1.807, 2.05) is 12.3 Å². The molecule has 0 amide bonds. The molecule has 1 aromatic heterocycles. The molecule has 1 aromatic rings. The fourth-order valence-electron chi connectivity index (χ4n) is 10.2. The number of nitrogens with zero attached hydrogens (tertiary/aromatic N) is 1. The molecule has 190 valence electrons. The van der Waals surface area contributed by atoms with Crippen molar-refractivity contribution in [3.8, 4) is 0 Å². The second-order valence-electron chi connectivity index (χ2n) is 14.4. The van der Waals surface area contributed by atoms with Gasteiger partial charge in [-0.15, -0.1) is 0 Å². The van der Waals surface area contributed by atoms with Gasteiger partial charge in [0.1, 0.15) is 5.76 Å². The molecule has 5 heteroatoms. The highest BCUT2D eigenvalue weighted by Gasteiger charge is 2.70. The van der Waals surface area contributed by atoms with E-state index in [9.17, 15) is 14.7 Å². The van der Waals surface area contributed by atoms with Crippen molar-refractivity contribution >= 4 is 11.8 Å². The normalized spacial score (nSPS) is 47.9. The zero-order chi connectivity index (χ0) is 25.2. The van der Waals surface area contributed by atoms with Crippen molar-refractivity contribution in [2.45, 2.75) is 98.8 Å². The van der Waals surface area contributed by atoms with Gasteiger partial charge in [0.25, 0.3) is 0 Å². The van der Waals surface area contributed by atoms with E-state index in [-0.39, 0.29) is 45.2 Å². The van der Waals surface area contributed by atoms with Gasteiger partial charge in [0.05, 0.1) is 11.6 Å². The highest BCUT2D eigenvalue weighted by atomic mass is 16.5. The van der Waals surface area contributed by atoms with Gasteiger partial charge in [-0.2, -0.15) is 0 Å². The van der Waals surface area contributed by atoms with Crippen molar-refractivity contribution in [3.05, 3.63) is 29.2 Å². The molecule has 5 nitrogen and oxygen atoms in total. The van der Waals surface area contributed by atoms with Crippen LogP contribution >= 0.6 is 0 Å². The number of carbonyl (C=O) groups is 2. The standard InChI is InChI=1S/C30H41NO4/c1-17-19-7-8-28(5)22(27(19,4)14-18-16-31-35-24(17)18)13-21(32)23-20-15-26(2,3)9-11-30(20,25(33)34)12-10-29(23,28)6/h13,16-17,19-20,23H,7-12,14-15H2,1-6H3,(H,33,34)/t17-,19-,20+,23?,27-,28+,29+,30-/m0/s1. The van der Waals surface area contributed by atoms with Crippen LogP contribution in [0.5, 0.6) is 0 Å². The number of fused-ring (bicyclic) bond motifs is 8. The summed E-state index contributed by atoms with van der Waals surface area (Å²) in [7, 11) is 0. The van der Waals surface area contributed by atoms with Crippen molar-refractivity contribution < 1.29 is 19.2 Å². The Balaban J connectivity index is 1.50. The molecule has 5 aliphatic rings. The lowest BCUT2D eigenvalue weighted by Gasteiger charge is -2.68. The van der Waals surface area contributed by atoms with Crippen LogP contribution in [0.3, 0.4) is 0 Å². The summed E-state index contributed by atoms with van der Waals surface area (Å²) in [6, 6.07) is 0. The van der Waals surface area contributed by atoms with Crippen LogP contribution in [0.25, 0.3) is 0 Å². The second kappa shape index (κ2) is 6.89. The average Bonchev–Trinajstić information content (AvgIpc) is 3.23. The topological polar surface area (TPSA) is 80.4 Å². The Morgan fingerprint density at radius 1 is 1.06 bits per heavy atom. The van der Waals surface area contributed by atoms with E-state index in [2.05, 4.69) is 46.7 Å². The highest BCUT2D eigenvalue weighted by Crippen LogP contribution is 2.74. The number of aromatic nitrogens is 1. The first-order valence-corrected chi connectivity index (χ1v) is 13.7. The maximum Gasteiger partial charge on any atom is 0.309 e. The summed E-state index contributed by atoms with van der Waals surface area (Å²) in [5, 5.41) is 14.6. The molecule has 1 heterocycles. The van der Waals surface area contributed by atoms with E-state index in [4.69, 9.17) is 4.52 Å². The smallest absolute Gasteiger partial charge is 0.309 e. The molecule has 6 rings (SSSR count). The number of hydrogen-bond donors (Lipinski definition) is 1. The van der Waals surface area contributed by atoms with E-state index >= 15 is 0 Å². The Hall–Kier alpha value is -1.91. The number of allylic oxidation sites excluding steroid dienone is 2. The Bertz CT molecular complexity index is 1150. The van der Waals surface area contributed by atoms with Gasteiger partial charge in [-0.25, -0.2) is 0 Å². The minimum atomic E-state index is -0.755. The lowest BCUT2D eigenvalue weighted by Crippen LogP contribution is -2.65. The molecule has 0 aliphatic heterocycles. The highest BCUT2D eigenvalue weighted by molar-refractivity contribution is 5.96. The summed E-state index contributed by atoms with van der Waals surface area (Å²) in [6.07, 6.45) is 10.9. The van der Waals surface area contributed by atoms with Crippen molar-refractivity contribution in [2.75, 3.05) is 0 Å². The van der Waals surface area contributed by atoms with Gasteiger partial charge in [0.15, 0.2) is 5.78 Å². The Kier molecular flexibility index (Phi) is 4.62. The van der Waals surface area contributed by atoms with Gasteiger partial charge in [-0.3, -0.25) is 9.59 Å². The van der Waals surface area contributed by atoms with Crippen LogP contribution in [-0.4, -0.2) is 22.0 Å². The number of hydrogen-bond acceptors (Lipinski definition) is 4. The largest absolute Gasteiger partial charge is 0.481 e. The lowest BCUT2D eigenvalue weighted by molar-refractivity contribution is -0.188. The monoisotopic (exact) mass is 479 g/mol. The van der Waals surface area contributed by atoms with Gasteiger partial charge < -0.3 is 9.63 Å². The van der Waals surface area contributed by atoms with Crippen LogP contribution in [0.15, 0.2) is 22.4 Å². The summed E-state index contributed by atoms with van der Waals surface area (Å²) in [5.74, 6) is 0.936. The number of carboxylic acid groups (broad SMARTS) is 1. The third-order valence-electron chi connectivity index (χ3n) is 12.4. The second-order valence-corrected chi connectivity index (χ2v) is 14.4. The molecule has 0 spiro atoms. The van der Waals surface area contributed by atoms with E-state index in [1.165, 1.54) is 11.1 Å². The number of carboxylic acids is 1. The minimum Gasteiger partial charge on any atom is -0.481 e. The van der Waals surface area contributed by atoms with Gasteiger partial charge in [-0.05, 0) is 90.9 Å². The molecule has 0 aromatic carbocycles. The van der Waals surface area contributed by atoms with Gasteiger partial charge >= 0.3 is 5.97 Å². The lowest BCUT2D eigenvalue weighted by atomic mass is 9.34. The molecule has 8 atom stereocenters. The van der Waals surface area contributed by atoms with Gasteiger partial charge in [0.2, 0.25) is 0 Å². The maximum atomic E-state index is 14.3. The van der Waals surface area contributed by atoms with Crippen LogP contribution in [0.2, 0.25) is 0 Å². The van der Waals surface area contributed by atoms with Crippen molar-refractivity contribution in [3.63, 3.8) is 0 Å². The van der Waals surface area contributed by atoms with Crippen LogP contribution in [0, 0.1) is 44.8 Å². The number of aliphatic carboxylic acids is 1. The first-order valence-electron chi connectivity index (χ1n) is 13.7. The third-order valence-corrected chi connectivity index (χ3v) is 12.4. The van der Waals surface area contributed by atoms with E-state index in [1.54, 1.807) is 0 Å². The molecule has 1 unspecified atom stereocenters. The summed E-state index contributed by atoms with van der Waals surface area (Å²) < 4.78 is 5.67. The van der Waals surface area contributed by atoms with Gasteiger partial charge in [-0.1, -0.05) is 52.3 Å². The van der Waals surface area contributed by atoms with Crippen molar-refractivity contribution in [1.29, 1.82) is 0 Å². The fraction of sp³-hybridized carbons (Fsp3) is 0.767. The molecule has 0 radical (unpaired) electrons. The van der Waals surface area contributed by atoms with Crippen LogP contribution in [-0.2, 0) is 16.0 Å². The Labute approximate surface area is 209 Å². The van der Waals surface area contributed by atoms with Crippen molar-refractivity contribution in [1.82, 2.24) is 5.16 Å². The number of carbonyl (C=O) groups excluding carboxylic acids is 1. The molecule has 0 bridgehead atoms.